The lowest BCUT2D eigenvalue weighted by Gasteiger charge is -2.22. The number of carbonyl (C=O) groups is 1. The predicted octanol–water partition coefficient (Wildman–Crippen LogP) is 2.16. The summed E-state index contributed by atoms with van der Waals surface area (Å²) in [4.78, 5) is 13.8. The van der Waals surface area contributed by atoms with Crippen molar-refractivity contribution in [1.82, 2.24) is 15.1 Å². The van der Waals surface area contributed by atoms with Gasteiger partial charge in [-0.1, -0.05) is 29.2 Å². The molecular formula is C15H17FN4O3S3. The first-order chi connectivity index (χ1) is 12.3. The van der Waals surface area contributed by atoms with Gasteiger partial charge in [-0.25, -0.2) is 12.8 Å². The number of nitrogens with zero attached hydrogens (tertiary/aromatic N) is 3. The largest absolute Gasteiger partial charge is 0.341 e. The van der Waals surface area contributed by atoms with Crippen molar-refractivity contribution in [3.63, 3.8) is 0 Å². The number of anilines is 2. The molecule has 1 aliphatic rings. The van der Waals surface area contributed by atoms with Crippen LogP contribution in [0.25, 0.3) is 0 Å². The number of amides is 1. The fourth-order valence-electron chi connectivity index (χ4n) is 2.52. The normalized spacial score (nSPS) is 18.6. The number of hydrogen-bond donors (Lipinski definition) is 1. The van der Waals surface area contributed by atoms with Crippen LogP contribution in [0.15, 0.2) is 28.6 Å². The highest BCUT2D eigenvalue weighted by Gasteiger charge is 2.32. The first-order valence-corrected chi connectivity index (χ1v) is 11.4. The molecule has 26 heavy (non-hydrogen) atoms. The van der Waals surface area contributed by atoms with E-state index >= 15 is 0 Å². The summed E-state index contributed by atoms with van der Waals surface area (Å²) in [6.45, 7) is 0. The van der Waals surface area contributed by atoms with Crippen LogP contribution in [0, 0.1) is 5.82 Å². The molecule has 140 valence electrons. The van der Waals surface area contributed by atoms with E-state index in [2.05, 4.69) is 15.5 Å². The van der Waals surface area contributed by atoms with Gasteiger partial charge < -0.3 is 10.2 Å². The molecule has 11 heteroatoms. The highest BCUT2D eigenvalue weighted by atomic mass is 32.2. The Balaban J connectivity index is 1.52. The van der Waals surface area contributed by atoms with Crippen molar-refractivity contribution < 1.29 is 17.6 Å². The third-order valence-corrected chi connectivity index (χ3v) is 7.66. The van der Waals surface area contributed by atoms with E-state index in [0.717, 1.165) is 0 Å². The summed E-state index contributed by atoms with van der Waals surface area (Å²) in [7, 11) is -1.40. The van der Waals surface area contributed by atoms with E-state index in [0.29, 0.717) is 21.6 Å². The molecule has 1 amide bonds. The Bertz CT molecular complexity index is 903. The van der Waals surface area contributed by atoms with Gasteiger partial charge in [0.05, 0.1) is 17.3 Å². The monoisotopic (exact) mass is 416 g/mol. The SMILES string of the molecule is CN(C(=O)CSc1nnc(Nc2cccc(F)c2)s1)[C@H]1CCS(=O)(=O)C1. The number of benzene rings is 1. The maximum atomic E-state index is 13.2. The van der Waals surface area contributed by atoms with Crippen LogP contribution in [-0.2, 0) is 14.6 Å². The number of aromatic nitrogens is 2. The molecule has 3 rings (SSSR count). The van der Waals surface area contributed by atoms with Crippen LogP contribution >= 0.6 is 23.1 Å². The average Bonchev–Trinajstić information content (AvgIpc) is 3.18. The van der Waals surface area contributed by atoms with E-state index in [1.807, 2.05) is 0 Å². The number of hydrogen-bond acceptors (Lipinski definition) is 8. The zero-order chi connectivity index (χ0) is 18.7. The van der Waals surface area contributed by atoms with Crippen LogP contribution in [0.3, 0.4) is 0 Å². The van der Waals surface area contributed by atoms with Gasteiger partial charge in [-0.15, -0.1) is 10.2 Å². The second-order valence-corrected chi connectivity index (χ2v) is 10.3. The maximum Gasteiger partial charge on any atom is 0.233 e. The first kappa shape index (κ1) is 19.1. The van der Waals surface area contributed by atoms with Crippen molar-refractivity contribution in [3.8, 4) is 0 Å². The van der Waals surface area contributed by atoms with Gasteiger partial charge in [-0.05, 0) is 24.6 Å². The maximum absolute atomic E-state index is 13.2. The van der Waals surface area contributed by atoms with Crippen molar-refractivity contribution in [2.24, 2.45) is 0 Å². The zero-order valence-electron chi connectivity index (χ0n) is 13.9. The minimum absolute atomic E-state index is 0.0282. The highest BCUT2D eigenvalue weighted by Crippen LogP contribution is 2.28. The van der Waals surface area contributed by atoms with E-state index in [4.69, 9.17) is 0 Å². The average molecular weight is 417 g/mol. The first-order valence-electron chi connectivity index (χ1n) is 7.77. The van der Waals surface area contributed by atoms with Crippen LogP contribution in [-0.4, -0.2) is 59.8 Å². The standard InChI is InChI=1S/C15H17FN4O3S3/c1-20(12-5-6-26(22,23)9-12)13(21)8-24-15-19-18-14(25-15)17-11-4-2-3-10(16)7-11/h2-4,7,12H,5-6,8-9H2,1H3,(H,17,18)/t12-/m0/s1. The molecule has 1 aromatic carbocycles. The molecule has 0 radical (unpaired) electrons. The molecule has 0 unspecified atom stereocenters. The Morgan fingerprint density at radius 3 is 2.96 bits per heavy atom. The Kier molecular flexibility index (Phi) is 5.78. The minimum Gasteiger partial charge on any atom is -0.341 e. The van der Waals surface area contributed by atoms with Crippen molar-refractivity contribution >= 4 is 49.7 Å². The van der Waals surface area contributed by atoms with E-state index in [9.17, 15) is 17.6 Å². The summed E-state index contributed by atoms with van der Waals surface area (Å²) in [5, 5.41) is 11.4. The Labute approximate surface area is 158 Å². The molecule has 0 saturated carbocycles. The number of rotatable bonds is 6. The molecule has 7 nitrogen and oxygen atoms in total. The van der Waals surface area contributed by atoms with Gasteiger partial charge in [0.2, 0.25) is 11.0 Å². The third-order valence-electron chi connectivity index (χ3n) is 3.95. The van der Waals surface area contributed by atoms with Crippen molar-refractivity contribution in [3.05, 3.63) is 30.1 Å². The number of carbonyl (C=O) groups excluding carboxylic acids is 1. The lowest BCUT2D eigenvalue weighted by molar-refractivity contribution is -0.128. The lowest BCUT2D eigenvalue weighted by Crippen LogP contribution is -2.38. The smallest absolute Gasteiger partial charge is 0.233 e. The van der Waals surface area contributed by atoms with Gasteiger partial charge in [-0.3, -0.25) is 4.79 Å². The van der Waals surface area contributed by atoms with Crippen LogP contribution in [0.5, 0.6) is 0 Å². The lowest BCUT2D eigenvalue weighted by atomic mass is 10.2. The zero-order valence-corrected chi connectivity index (χ0v) is 16.3. The second-order valence-electron chi connectivity index (χ2n) is 5.86. The summed E-state index contributed by atoms with van der Waals surface area (Å²) >= 11 is 2.50. The molecule has 0 bridgehead atoms. The van der Waals surface area contributed by atoms with Gasteiger partial charge in [0.25, 0.3) is 0 Å². The molecule has 2 aromatic rings. The molecule has 1 saturated heterocycles. The van der Waals surface area contributed by atoms with Gasteiger partial charge >= 0.3 is 0 Å². The topological polar surface area (TPSA) is 92.3 Å². The minimum atomic E-state index is -3.03. The number of thioether (sulfide) groups is 1. The molecular weight excluding hydrogens is 399 g/mol. The van der Waals surface area contributed by atoms with Gasteiger partial charge in [0.15, 0.2) is 14.2 Å². The van der Waals surface area contributed by atoms with Crippen molar-refractivity contribution in [1.29, 1.82) is 0 Å². The summed E-state index contributed by atoms with van der Waals surface area (Å²) in [5.41, 5.74) is 0.566. The fourth-order valence-corrected chi connectivity index (χ4v) is 5.99. The van der Waals surface area contributed by atoms with Crippen molar-refractivity contribution in [2.75, 3.05) is 29.6 Å². The summed E-state index contributed by atoms with van der Waals surface area (Å²) in [5.74, 6) is -0.181. The summed E-state index contributed by atoms with van der Waals surface area (Å²) < 4.78 is 36.8. The highest BCUT2D eigenvalue weighted by molar-refractivity contribution is 8.01. The Morgan fingerprint density at radius 2 is 2.27 bits per heavy atom. The number of sulfone groups is 1. The van der Waals surface area contributed by atoms with E-state index in [1.165, 1.54) is 40.1 Å². The molecule has 2 heterocycles. The van der Waals surface area contributed by atoms with Crippen LogP contribution in [0.2, 0.25) is 0 Å². The molecule has 1 N–H and O–H groups in total. The van der Waals surface area contributed by atoms with Gasteiger partial charge in [0, 0.05) is 18.8 Å². The molecule has 0 aliphatic carbocycles. The van der Waals surface area contributed by atoms with Crippen molar-refractivity contribution in [2.45, 2.75) is 16.8 Å². The van der Waals surface area contributed by atoms with E-state index in [1.54, 1.807) is 19.2 Å². The van der Waals surface area contributed by atoms with Crippen LogP contribution < -0.4 is 5.32 Å². The van der Waals surface area contributed by atoms with E-state index < -0.39 is 9.84 Å². The second kappa shape index (κ2) is 7.89. The van der Waals surface area contributed by atoms with Crippen LogP contribution in [0.1, 0.15) is 6.42 Å². The van der Waals surface area contributed by atoms with Gasteiger partial charge in [0.1, 0.15) is 5.82 Å². The summed E-state index contributed by atoms with van der Waals surface area (Å²) in [6, 6.07) is 5.75. The molecule has 1 atom stereocenters. The Morgan fingerprint density at radius 1 is 1.46 bits per heavy atom. The molecule has 1 fully saturated rings. The summed E-state index contributed by atoms with van der Waals surface area (Å²) in [6.07, 6.45) is 0.482. The third kappa shape index (κ3) is 4.92. The number of nitrogens with one attached hydrogen (secondary N) is 1. The molecule has 0 spiro atoms. The number of halogens is 1. The fraction of sp³-hybridized carbons (Fsp3) is 0.400. The van der Waals surface area contributed by atoms with Crippen LogP contribution in [0.4, 0.5) is 15.2 Å². The quantitative estimate of drug-likeness (QED) is 0.722. The molecule has 1 aromatic heterocycles. The molecule has 1 aliphatic heterocycles. The predicted molar refractivity (Wildman–Crippen MR) is 100 cm³/mol. The van der Waals surface area contributed by atoms with Gasteiger partial charge in [-0.2, -0.15) is 0 Å². The Hall–Kier alpha value is -1.72. The van der Waals surface area contributed by atoms with E-state index in [-0.39, 0.29) is 35.0 Å².